The number of pyridine rings is 1. The highest BCUT2D eigenvalue weighted by Crippen LogP contribution is 2.22. The third-order valence-corrected chi connectivity index (χ3v) is 4.11. The van der Waals surface area contributed by atoms with E-state index < -0.39 is 11.6 Å². The number of nitrogens with one attached hydrogen (secondary N) is 1. The fraction of sp³-hybridized carbons (Fsp3) is 0.105. The summed E-state index contributed by atoms with van der Waals surface area (Å²) in [6.45, 7) is 2.43. The quantitative estimate of drug-likeness (QED) is 0.545. The van der Waals surface area contributed by atoms with E-state index in [0.717, 1.165) is 0 Å². The van der Waals surface area contributed by atoms with Crippen molar-refractivity contribution in [2.24, 2.45) is 5.73 Å². The van der Waals surface area contributed by atoms with Gasteiger partial charge in [0, 0.05) is 18.0 Å². The van der Waals surface area contributed by atoms with Gasteiger partial charge in [0.2, 0.25) is 0 Å². The summed E-state index contributed by atoms with van der Waals surface area (Å²) in [6.07, 6.45) is 3.17. The maximum Gasteiger partial charge on any atom is 0.332 e. The van der Waals surface area contributed by atoms with Crippen molar-refractivity contribution in [3.63, 3.8) is 0 Å². The number of carbonyl (C=O) groups is 1. The van der Waals surface area contributed by atoms with Gasteiger partial charge in [-0.3, -0.25) is 9.78 Å². The van der Waals surface area contributed by atoms with Crippen molar-refractivity contribution >= 4 is 17.1 Å². The molecule has 0 saturated carbocycles. The number of nitrogens with two attached hydrogens (primary N) is 1. The predicted octanol–water partition coefficient (Wildman–Crippen LogP) is 1.67. The number of imidazole rings is 1. The van der Waals surface area contributed by atoms with Gasteiger partial charge in [0.15, 0.2) is 17.2 Å². The molecule has 4 rings (SSSR count). The lowest BCUT2D eigenvalue weighted by molar-refractivity contribution is 0.0997. The number of H-pyrrole nitrogens is 1. The van der Waals surface area contributed by atoms with Gasteiger partial charge in [-0.1, -0.05) is 0 Å². The minimum atomic E-state index is -0.761. The summed E-state index contributed by atoms with van der Waals surface area (Å²) in [5.41, 5.74) is 6.62. The molecule has 3 N–H and O–H groups in total. The lowest BCUT2D eigenvalue weighted by Gasteiger charge is -2.07. The Morgan fingerprint density at radius 3 is 2.50 bits per heavy atom. The SMILES string of the molecule is CCOc1ccc(-n2c(=O)[nH]c3c(C(N)=O)nc(-c4ccncc4)nc32)cc1. The van der Waals surface area contributed by atoms with E-state index in [4.69, 9.17) is 10.5 Å². The molecule has 0 aliphatic heterocycles. The first-order valence-electron chi connectivity index (χ1n) is 8.54. The van der Waals surface area contributed by atoms with Crippen LogP contribution in [0.15, 0.2) is 53.6 Å². The number of aromatic nitrogens is 5. The van der Waals surface area contributed by atoms with Crippen LogP contribution >= 0.6 is 0 Å². The highest BCUT2D eigenvalue weighted by atomic mass is 16.5. The van der Waals surface area contributed by atoms with Crippen LogP contribution in [0.2, 0.25) is 0 Å². The van der Waals surface area contributed by atoms with E-state index in [1.807, 2.05) is 6.92 Å². The zero-order valence-corrected chi connectivity index (χ0v) is 14.9. The molecular formula is C19H16N6O3. The first-order valence-corrected chi connectivity index (χ1v) is 8.54. The number of benzene rings is 1. The largest absolute Gasteiger partial charge is 0.494 e. The van der Waals surface area contributed by atoms with Gasteiger partial charge < -0.3 is 15.5 Å². The second-order valence-electron chi connectivity index (χ2n) is 5.89. The van der Waals surface area contributed by atoms with Gasteiger partial charge in [0.1, 0.15) is 11.3 Å². The number of nitrogens with zero attached hydrogens (tertiary/aromatic N) is 4. The Hall–Kier alpha value is -4.01. The van der Waals surface area contributed by atoms with Crippen LogP contribution in [0.5, 0.6) is 5.75 Å². The van der Waals surface area contributed by atoms with E-state index in [2.05, 4.69) is 19.9 Å². The summed E-state index contributed by atoms with van der Waals surface area (Å²) < 4.78 is 6.80. The molecule has 28 heavy (non-hydrogen) atoms. The number of hydrogen-bond donors (Lipinski definition) is 2. The fourth-order valence-electron chi connectivity index (χ4n) is 2.89. The average molecular weight is 376 g/mol. The van der Waals surface area contributed by atoms with Crippen molar-refractivity contribution in [2.75, 3.05) is 6.61 Å². The molecule has 0 saturated heterocycles. The van der Waals surface area contributed by atoms with Crippen LogP contribution in [-0.2, 0) is 0 Å². The summed E-state index contributed by atoms with van der Waals surface area (Å²) in [5.74, 6) is 0.189. The minimum absolute atomic E-state index is 0.0569. The van der Waals surface area contributed by atoms with Crippen molar-refractivity contribution in [2.45, 2.75) is 6.92 Å². The van der Waals surface area contributed by atoms with Gasteiger partial charge in [-0.2, -0.15) is 0 Å². The molecule has 0 radical (unpaired) electrons. The van der Waals surface area contributed by atoms with Crippen molar-refractivity contribution in [1.82, 2.24) is 24.5 Å². The Morgan fingerprint density at radius 1 is 1.14 bits per heavy atom. The van der Waals surface area contributed by atoms with E-state index in [0.29, 0.717) is 23.6 Å². The molecule has 3 aromatic heterocycles. The van der Waals surface area contributed by atoms with Crippen LogP contribution < -0.4 is 16.2 Å². The van der Waals surface area contributed by atoms with Crippen molar-refractivity contribution < 1.29 is 9.53 Å². The number of ether oxygens (including phenoxy) is 1. The summed E-state index contributed by atoms with van der Waals surface area (Å²) >= 11 is 0. The fourth-order valence-corrected chi connectivity index (χ4v) is 2.89. The molecule has 0 unspecified atom stereocenters. The number of rotatable bonds is 5. The first kappa shape index (κ1) is 17.4. The number of hydrogen-bond acceptors (Lipinski definition) is 6. The van der Waals surface area contributed by atoms with Gasteiger partial charge in [0.05, 0.1) is 12.3 Å². The van der Waals surface area contributed by atoms with E-state index >= 15 is 0 Å². The Bertz CT molecular complexity index is 1210. The van der Waals surface area contributed by atoms with Crippen LogP contribution in [0.4, 0.5) is 0 Å². The molecule has 3 heterocycles. The normalized spacial score (nSPS) is 10.9. The van der Waals surface area contributed by atoms with Gasteiger partial charge in [-0.05, 0) is 43.3 Å². The lowest BCUT2D eigenvalue weighted by Crippen LogP contribution is -2.15. The van der Waals surface area contributed by atoms with Gasteiger partial charge >= 0.3 is 5.69 Å². The molecule has 1 amide bonds. The molecular weight excluding hydrogens is 360 g/mol. The molecule has 0 atom stereocenters. The second kappa shape index (κ2) is 6.95. The van der Waals surface area contributed by atoms with E-state index in [-0.39, 0.29) is 22.7 Å². The third-order valence-electron chi connectivity index (χ3n) is 4.11. The Morgan fingerprint density at radius 2 is 1.86 bits per heavy atom. The molecule has 1 aromatic carbocycles. The zero-order chi connectivity index (χ0) is 19.7. The van der Waals surface area contributed by atoms with Gasteiger partial charge in [0.25, 0.3) is 5.91 Å². The maximum absolute atomic E-state index is 12.6. The van der Waals surface area contributed by atoms with Gasteiger partial charge in [-0.15, -0.1) is 0 Å². The number of fused-ring (bicyclic) bond motifs is 1. The molecule has 0 fully saturated rings. The first-order chi connectivity index (χ1) is 13.6. The van der Waals surface area contributed by atoms with Crippen LogP contribution in [0.3, 0.4) is 0 Å². The molecule has 0 bridgehead atoms. The molecule has 4 aromatic rings. The number of primary amides is 1. The maximum atomic E-state index is 12.6. The van der Waals surface area contributed by atoms with Crippen LogP contribution in [0, 0.1) is 0 Å². The Labute approximate surface area is 158 Å². The third kappa shape index (κ3) is 2.98. The minimum Gasteiger partial charge on any atom is -0.494 e. The van der Waals surface area contributed by atoms with E-state index in [1.165, 1.54) is 4.57 Å². The van der Waals surface area contributed by atoms with Crippen LogP contribution in [0.25, 0.3) is 28.2 Å². The summed E-state index contributed by atoms with van der Waals surface area (Å²) in [7, 11) is 0. The topological polar surface area (TPSA) is 129 Å². The van der Waals surface area contributed by atoms with Gasteiger partial charge in [-0.25, -0.2) is 19.3 Å². The zero-order valence-electron chi connectivity index (χ0n) is 14.9. The molecule has 0 spiro atoms. The molecule has 0 aliphatic rings. The predicted molar refractivity (Wildman–Crippen MR) is 102 cm³/mol. The molecule has 0 aliphatic carbocycles. The standard InChI is InChI=1S/C19H16N6O3/c1-2-28-13-5-3-12(4-6-13)25-18-15(23-19(25)27)14(16(20)26)22-17(24-18)11-7-9-21-10-8-11/h3-10H,2H2,1H3,(H2,20,26)(H,23,27). The smallest absolute Gasteiger partial charge is 0.332 e. The molecule has 140 valence electrons. The monoisotopic (exact) mass is 376 g/mol. The van der Waals surface area contributed by atoms with E-state index in [9.17, 15) is 9.59 Å². The highest BCUT2D eigenvalue weighted by Gasteiger charge is 2.20. The summed E-state index contributed by atoms with van der Waals surface area (Å²) in [6, 6.07) is 10.4. The highest BCUT2D eigenvalue weighted by molar-refractivity contribution is 6.02. The second-order valence-corrected chi connectivity index (χ2v) is 5.89. The number of carbonyl (C=O) groups excluding carboxylic acids is 1. The molecule has 9 nitrogen and oxygen atoms in total. The van der Waals surface area contributed by atoms with Crippen molar-refractivity contribution in [1.29, 1.82) is 0 Å². The summed E-state index contributed by atoms with van der Waals surface area (Å²) in [4.78, 5) is 39.9. The Kier molecular flexibility index (Phi) is 4.32. The summed E-state index contributed by atoms with van der Waals surface area (Å²) in [5, 5.41) is 0. The van der Waals surface area contributed by atoms with Crippen molar-refractivity contribution in [3.8, 4) is 22.8 Å². The van der Waals surface area contributed by atoms with Crippen molar-refractivity contribution in [3.05, 3.63) is 65.0 Å². The average Bonchev–Trinajstić information content (AvgIpc) is 3.04. The lowest BCUT2D eigenvalue weighted by atomic mass is 10.2. The Balaban J connectivity index is 1.97. The van der Waals surface area contributed by atoms with Crippen LogP contribution in [0.1, 0.15) is 17.4 Å². The van der Waals surface area contributed by atoms with E-state index in [1.54, 1.807) is 48.8 Å². The van der Waals surface area contributed by atoms with Crippen LogP contribution in [-0.4, -0.2) is 37.0 Å². The number of aromatic amines is 1. The molecule has 9 heteroatoms. The number of amides is 1.